The van der Waals surface area contributed by atoms with E-state index in [1.54, 1.807) is 0 Å². The van der Waals surface area contributed by atoms with Crippen molar-refractivity contribution in [2.45, 2.75) is 75.9 Å². The summed E-state index contributed by atoms with van der Waals surface area (Å²) >= 11 is 0. The van der Waals surface area contributed by atoms with Gasteiger partial charge in [0.1, 0.15) is 6.04 Å². The fourth-order valence-corrected chi connectivity index (χ4v) is 5.02. The number of carbonyl (C=O) groups excluding carboxylic acids is 2. The smallest absolute Gasteiger partial charge is 0.241 e. The lowest BCUT2D eigenvalue weighted by atomic mass is 9.99. The Balaban J connectivity index is 1.17. The normalized spacial score (nSPS) is 26.0. The molecular formula is C23H34N4O2. The van der Waals surface area contributed by atoms with Crippen LogP contribution in [0.3, 0.4) is 0 Å². The van der Waals surface area contributed by atoms with Crippen molar-refractivity contribution >= 4 is 11.8 Å². The van der Waals surface area contributed by atoms with Crippen molar-refractivity contribution in [2.75, 3.05) is 13.1 Å². The number of likely N-dealkylation sites (tertiary alicyclic amines) is 1. The average Bonchev–Trinajstić information content (AvgIpc) is 3.45. The van der Waals surface area contributed by atoms with Crippen LogP contribution in [0.2, 0.25) is 0 Å². The number of hydrazine groups is 1. The highest BCUT2D eigenvalue weighted by molar-refractivity contribution is 5.82. The Labute approximate surface area is 173 Å². The van der Waals surface area contributed by atoms with Crippen molar-refractivity contribution in [1.29, 1.82) is 0 Å². The summed E-state index contributed by atoms with van der Waals surface area (Å²) in [6.07, 6.45) is 9.40. The molecule has 1 saturated carbocycles. The minimum Gasteiger partial charge on any atom is -0.353 e. The molecule has 2 amide bonds. The van der Waals surface area contributed by atoms with Crippen LogP contribution in [-0.4, -0.2) is 41.9 Å². The molecule has 0 spiro atoms. The van der Waals surface area contributed by atoms with Gasteiger partial charge in [-0.2, -0.15) is 0 Å². The van der Waals surface area contributed by atoms with Crippen LogP contribution < -0.4 is 16.2 Å². The van der Waals surface area contributed by atoms with E-state index in [1.165, 1.54) is 31.2 Å². The molecule has 2 saturated heterocycles. The largest absolute Gasteiger partial charge is 0.353 e. The van der Waals surface area contributed by atoms with Crippen molar-refractivity contribution < 1.29 is 9.59 Å². The number of benzene rings is 1. The Hall–Kier alpha value is -1.92. The van der Waals surface area contributed by atoms with E-state index < -0.39 is 0 Å². The lowest BCUT2D eigenvalue weighted by Gasteiger charge is -2.33. The van der Waals surface area contributed by atoms with E-state index in [2.05, 4.69) is 28.3 Å². The van der Waals surface area contributed by atoms with Crippen LogP contribution >= 0.6 is 0 Å². The van der Waals surface area contributed by atoms with E-state index in [0.717, 1.165) is 44.7 Å². The Morgan fingerprint density at radius 3 is 2.45 bits per heavy atom. The molecule has 2 atom stereocenters. The molecule has 2 heterocycles. The zero-order valence-corrected chi connectivity index (χ0v) is 17.2. The van der Waals surface area contributed by atoms with Gasteiger partial charge in [-0.25, -0.2) is 10.9 Å². The van der Waals surface area contributed by atoms with E-state index in [0.29, 0.717) is 6.42 Å². The molecule has 1 aromatic carbocycles. The van der Waals surface area contributed by atoms with Gasteiger partial charge in [0.05, 0.1) is 0 Å². The van der Waals surface area contributed by atoms with Crippen LogP contribution in [0, 0.1) is 5.92 Å². The fourth-order valence-electron chi connectivity index (χ4n) is 5.02. The number of nitrogens with one attached hydrogen (secondary N) is 3. The first kappa shape index (κ1) is 20.4. The molecule has 0 bridgehead atoms. The zero-order valence-electron chi connectivity index (χ0n) is 17.2. The summed E-state index contributed by atoms with van der Waals surface area (Å²) in [7, 11) is 0. The summed E-state index contributed by atoms with van der Waals surface area (Å²) in [6, 6.07) is 10.4. The molecule has 6 nitrogen and oxygen atoms in total. The summed E-state index contributed by atoms with van der Waals surface area (Å²) in [5.74, 6) is 1.11. The molecule has 3 N–H and O–H groups in total. The molecule has 0 aromatic heterocycles. The first-order valence-electron chi connectivity index (χ1n) is 11.3. The van der Waals surface area contributed by atoms with Gasteiger partial charge in [-0.15, -0.1) is 0 Å². The lowest BCUT2D eigenvalue weighted by molar-refractivity contribution is -0.134. The maximum Gasteiger partial charge on any atom is 0.241 e. The van der Waals surface area contributed by atoms with Crippen molar-refractivity contribution in [3.05, 3.63) is 35.9 Å². The van der Waals surface area contributed by atoms with Crippen LogP contribution in [0.1, 0.15) is 69.4 Å². The van der Waals surface area contributed by atoms with Crippen molar-refractivity contribution in [1.82, 2.24) is 21.1 Å². The van der Waals surface area contributed by atoms with Crippen molar-refractivity contribution in [2.24, 2.45) is 5.92 Å². The molecule has 3 aliphatic rings. The molecular weight excluding hydrogens is 364 g/mol. The molecule has 2 unspecified atom stereocenters. The Morgan fingerprint density at radius 2 is 1.72 bits per heavy atom. The Kier molecular flexibility index (Phi) is 6.82. The van der Waals surface area contributed by atoms with E-state index in [4.69, 9.17) is 0 Å². The highest BCUT2D eigenvalue weighted by atomic mass is 16.2. The Morgan fingerprint density at radius 1 is 1.00 bits per heavy atom. The summed E-state index contributed by atoms with van der Waals surface area (Å²) in [6.45, 7) is 1.45. The zero-order chi connectivity index (χ0) is 20.1. The van der Waals surface area contributed by atoms with Gasteiger partial charge in [0, 0.05) is 31.6 Å². The van der Waals surface area contributed by atoms with E-state index in [9.17, 15) is 9.59 Å². The second-order valence-electron chi connectivity index (χ2n) is 8.90. The molecule has 2 aliphatic heterocycles. The second-order valence-corrected chi connectivity index (χ2v) is 8.90. The van der Waals surface area contributed by atoms with Gasteiger partial charge in [0.15, 0.2) is 0 Å². The maximum absolute atomic E-state index is 12.9. The van der Waals surface area contributed by atoms with Crippen LogP contribution in [-0.2, 0) is 9.59 Å². The molecule has 158 valence electrons. The van der Waals surface area contributed by atoms with E-state index in [1.807, 2.05) is 23.1 Å². The topological polar surface area (TPSA) is 73.5 Å². The molecule has 1 aromatic rings. The molecule has 3 fully saturated rings. The Bertz CT molecular complexity index is 681. The third kappa shape index (κ3) is 5.37. The minimum atomic E-state index is -0.183. The molecule has 1 aliphatic carbocycles. The van der Waals surface area contributed by atoms with Crippen molar-refractivity contribution in [3.8, 4) is 0 Å². The highest BCUT2D eigenvalue weighted by Crippen LogP contribution is 2.28. The molecule has 0 radical (unpaired) electrons. The van der Waals surface area contributed by atoms with Gasteiger partial charge >= 0.3 is 0 Å². The minimum absolute atomic E-state index is 0.168. The number of amides is 2. The average molecular weight is 399 g/mol. The second kappa shape index (κ2) is 9.72. The number of hydrogen-bond donors (Lipinski definition) is 3. The number of carbonyl (C=O) groups is 2. The molecule has 29 heavy (non-hydrogen) atoms. The summed E-state index contributed by atoms with van der Waals surface area (Å²) in [5, 5.41) is 3.20. The third-order valence-corrected chi connectivity index (χ3v) is 6.83. The van der Waals surface area contributed by atoms with E-state index in [-0.39, 0.29) is 29.9 Å². The van der Waals surface area contributed by atoms with Gasteiger partial charge in [0.25, 0.3) is 0 Å². The van der Waals surface area contributed by atoms with Gasteiger partial charge in [-0.3, -0.25) is 9.59 Å². The van der Waals surface area contributed by atoms with Crippen molar-refractivity contribution in [3.63, 3.8) is 0 Å². The van der Waals surface area contributed by atoms with Gasteiger partial charge in [0.2, 0.25) is 11.8 Å². The monoisotopic (exact) mass is 398 g/mol. The van der Waals surface area contributed by atoms with Gasteiger partial charge < -0.3 is 10.2 Å². The number of piperidine rings is 1. The summed E-state index contributed by atoms with van der Waals surface area (Å²) < 4.78 is 0. The fraction of sp³-hybridized carbons (Fsp3) is 0.652. The molecule has 4 rings (SSSR count). The van der Waals surface area contributed by atoms with Gasteiger partial charge in [-0.1, -0.05) is 56.0 Å². The lowest BCUT2D eigenvalue weighted by Crippen LogP contribution is -2.51. The predicted octanol–water partition coefficient (Wildman–Crippen LogP) is 2.67. The summed E-state index contributed by atoms with van der Waals surface area (Å²) in [4.78, 5) is 27.1. The standard InChI is InChI=1S/C23H34N4O2/c28-22(11-10-17-6-4-5-7-17)24-19-12-14-27(15-13-19)23(29)21-16-20(25-26-21)18-8-2-1-3-9-18/h1-3,8-9,17,19-21,25-26H,4-7,10-16H2,(H,24,28). The first-order valence-corrected chi connectivity index (χ1v) is 11.3. The highest BCUT2D eigenvalue weighted by Gasteiger charge is 2.34. The quantitative estimate of drug-likeness (QED) is 0.689. The van der Waals surface area contributed by atoms with Crippen LogP contribution in [0.4, 0.5) is 0 Å². The molecule has 6 heteroatoms. The maximum atomic E-state index is 12.9. The predicted molar refractivity (Wildman–Crippen MR) is 113 cm³/mol. The van der Waals surface area contributed by atoms with Crippen LogP contribution in [0.25, 0.3) is 0 Å². The number of rotatable bonds is 6. The SMILES string of the molecule is O=C(CCC1CCCC1)NC1CCN(C(=O)C2CC(c3ccccc3)NN2)CC1. The van der Waals surface area contributed by atoms with Crippen LogP contribution in [0.15, 0.2) is 30.3 Å². The summed E-state index contributed by atoms with van der Waals surface area (Å²) in [5.41, 5.74) is 7.64. The van der Waals surface area contributed by atoms with Crippen LogP contribution in [0.5, 0.6) is 0 Å². The number of nitrogens with zero attached hydrogens (tertiary/aromatic N) is 1. The van der Waals surface area contributed by atoms with Gasteiger partial charge in [-0.05, 0) is 37.2 Å². The first-order chi connectivity index (χ1) is 14.2. The third-order valence-electron chi connectivity index (χ3n) is 6.83. The van der Waals surface area contributed by atoms with E-state index >= 15 is 0 Å². The number of hydrogen-bond acceptors (Lipinski definition) is 4.